The molecule has 0 saturated carbocycles. The third-order valence-electron chi connectivity index (χ3n) is 3.53. The highest BCUT2D eigenvalue weighted by Gasteiger charge is 2.08. The van der Waals surface area contributed by atoms with E-state index in [0.29, 0.717) is 27.8 Å². The fourth-order valence-corrected chi connectivity index (χ4v) is 2.57. The molecule has 2 amide bonds. The van der Waals surface area contributed by atoms with E-state index in [1.54, 1.807) is 37.4 Å². The van der Waals surface area contributed by atoms with Crippen molar-refractivity contribution in [1.29, 1.82) is 0 Å². The van der Waals surface area contributed by atoms with Gasteiger partial charge in [0.2, 0.25) is 0 Å². The fraction of sp³-hybridized carbons (Fsp3) is 0.211. The van der Waals surface area contributed by atoms with E-state index >= 15 is 0 Å². The lowest BCUT2D eigenvalue weighted by molar-refractivity contribution is -0.127. The van der Waals surface area contributed by atoms with Crippen LogP contribution in [-0.4, -0.2) is 45.4 Å². The maximum Gasteiger partial charge on any atom is 0.259 e. The lowest BCUT2D eigenvalue weighted by atomic mass is 10.2. The molecule has 0 atom stereocenters. The van der Waals surface area contributed by atoms with Gasteiger partial charge in [0.25, 0.3) is 11.8 Å². The fourth-order valence-electron chi connectivity index (χ4n) is 2.10. The number of nitrogens with one attached hydrogen (secondary N) is 2. The number of hydrogen-bond acceptors (Lipinski definition) is 6. The first-order valence-corrected chi connectivity index (χ1v) is 9.07. The first kappa shape index (κ1) is 22.3. The third-order valence-corrected chi connectivity index (χ3v) is 4.06. The van der Waals surface area contributed by atoms with Crippen LogP contribution < -0.4 is 25.0 Å². The third kappa shape index (κ3) is 7.17. The monoisotopic (exact) mass is 439 g/mol. The van der Waals surface area contributed by atoms with Crippen molar-refractivity contribution >= 4 is 41.2 Å². The van der Waals surface area contributed by atoms with Crippen LogP contribution in [0.5, 0.6) is 17.2 Å². The zero-order valence-corrected chi connectivity index (χ0v) is 17.2. The van der Waals surface area contributed by atoms with Crippen molar-refractivity contribution in [3.05, 3.63) is 52.0 Å². The SMILES string of the molecule is COc1ccc(/C=N/NC(=O)CNC(=O)COc2ccc(Cl)cc2Cl)c(OC)c1. The number of carbonyl (C=O) groups is 2. The molecule has 0 aliphatic carbocycles. The molecule has 0 bridgehead atoms. The second-order valence-corrected chi connectivity index (χ2v) is 6.38. The molecule has 0 aromatic heterocycles. The van der Waals surface area contributed by atoms with Crippen LogP contribution >= 0.6 is 23.2 Å². The van der Waals surface area contributed by atoms with Crippen LogP contribution in [0.25, 0.3) is 0 Å². The maximum absolute atomic E-state index is 11.8. The molecule has 2 aromatic carbocycles. The first-order chi connectivity index (χ1) is 13.9. The number of ether oxygens (including phenoxy) is 3. The quantitative estimate of drug-likeness (QED) is 0.462. The molecule has 154 valence electrons. The largest absolute Gasteiger partial charge is 0.497 e. The zero-order chi connectivity index (χ0) is 21.2. The lowest BCUT2D eigenvalue weighted by Crippen LogP contribution is -2.37. The Bertz CT molecular complexity index is 905. The van der Waals surface area contributed by atoms with E-state index in [0.717, 1.165) is 0 Å². The van der Waals surface area contributed by atoms with Gasteiger partial charge in [-0.05, 0) is 30.3 Å². The molecule has 0 heterocycles. The number of amides is 2. The maximum atomic E-state index is 11.8. The van der Waals surface area contributed by atoms with Crippen molar-refractivity contribution in [2.45, 2.75) is 0 Å². The highest BCUT2D eigenvalue weighted by atomic mass is 35.5. The van der Waals surface area contributed by atoms with Gasteiger partial charge < -0.3 is 19.5 Å². The number of halogens is 2. The molecule has 0 aliphatic rings. The standard InChI is InChI=1S/C19H19Cl2N3O5/c1-27-14-5-3-12(17(8-14)28-2)9-23-24-18(25)10-22-19(26)11-29-16-6-4-13(20)7-15(16)21/h3-9H,10-11H2,1-2H3,(H,22,26)(H,24,25)/b23-9+. The van der Waals surface area contributed by atoms with Crippen molar-refractivity contribution < 1.29 is 23.8 Å². The van der Waals surface area contributed by atoms with Crippen LogP contribution in [0, 0.1) is 0 Å². The van der Waals surface area contributed by atoms with Crippen LogP contribution in [0.15, 0.2) is 41.5 Å². The van der Waals surface area contributed by atoms with Crippen LogP contribution in [0.1, 0.15) is 5.56 Å². The minimum absolute atomic E-state index is 0.270. The highest BCUT2D eigenvalue weighted by molar-refractivity contribution is 6.35. The predicted molar refractivity (Wildman–Crippen MR) is 110 cm³/mol. The summed E-state index contributed by atoms with van der Waals surface area (Å²) in [7, 11) is 3.06. The number of carbonyl (C=O) groups excluding carboxylic acids is 2. The molecular formula is C19H19Cl2N3O5. The molecule has 8 nitrogen and oxygen atoms in total. The first-order valence-electron chi connectivity index (χ1n) is 8.31. The van der Waals surface area contributed by atoms with Crippen LogP contribution in [0.2, 0.25) is 10.0 Å². The van der Waals surface area contributed by atoms with E-state index in [-0.39, 0.29) is 18.2 Å². The van der Waals surface area contributed by atoms with Gasteiger partial charge in [-0.15, -0.1) is 0 Å². The topological polar surface area (TPSA) is 98.2 Å². The van der Waals surface area contributed by atoms with Crippen molar-refractivity contribution in [3.63, 3.8) is 0 Å². The molecule has 0 unspecified atom stereocenters. The summed E-state index contributed by atoms with van der Waals surface area (Å²) >= 11 is 11.7. The average molecular weight is 440 g/mol. The van der Waals surface area contributed by atoms with Crippen LogP contribution in [-0.2, 0) is 9.59 Å². The summed E-state index contributed by atoms with van der Waals surface area (Å²) in [4.78, 5) is 23.6. The average Bonchev–Trinajstić information content (AvgIpc) is 2.71. The second-order valence-electron chi connectivity index (χ2n) is 5.54. The van der Waals surface area contributed by atoms with E-state index < -0.39 is 11.8 Å². The Morgan fingerprint density at radius 2 is 1.83 bits per heavy atom. The highest BCUT2D eigenvalue weighted by Crippen LogP contribution is 2.27. The van der Waals surface area contributed by atoms with Crippen LogP contribution in [0.4, 0.5) is 0 Å². The summed E-state index contributed by atoms with van der Waals surface area (Å²) in [5.41, 5.74) is 2.95. The summed E-state index contributed by atoms with van der Waals surface area (Å²) in [6.45, 7) is -0.575. The lowest BCUT2D eigenvalue weighted by Gasteiger charge is -2.08. The Balaban J connectivity index is 1.76. The Kier molecular flexibility index (Phi) is 8.57. The Morgan fingerprint density at radius 3 is 2.52 bits per heavy atom. The summed E-state index contributed by atoms with van der Waals surface area (Å²) < 4.78 is 15.6. The van der Waals surface area contributed by atoms with Gasteiger partial charge in [0.15, 0.2) is 6.61 Å². The molecule has 0 fully saturated rings. The number of methoxy groups -OCH3 is 2. The van der Waals surface area contributed by atoms with Crippen molar-refractivity contribution in [3.8, 4) is 17.2 Å². The van der Waals surface area contributed by atoms with Gasteiger partial charge in [-0.3, -0.25) is 9.59 Å². The van der Waals surface area contributed by atoms with Gasteiger partial charge in [0.1, 0.15) is 17.2 Å². The molecule has 29 heavy (non-hydrogen) atoms. The second kappa shape index (κ2) is 11.1. The predicted octanol–water partition coefficient (Wildman–Crippen LogP) is 2.66. The smallest absolute Gasteiger partial charge is 0.259 e. The number of benzene rings is 2. The minimum Gasteiger partial charge on any atom is -0.497 e. The summed E-state index contributed by atoms with van der Waals surface area (Å²) in [5, 5.41) is 6.99. The van der Waals surface area contributed by atoms with Crippen molar-refractivity contribution in [2.24, 2.45) is 5.10 Å². The Hall–Kier alpha value is -2.97. The molecule has 10 heteroatoms. The number of nitrogens with zero attached hydrogens (tertiary/aromatic N) is 1. The van der Waals surface area contributed by atoms with Gasteiger partial charge >= 0.3 is 0 Å². The summed E-state index contributed by atoms with van der Waals surface area (Å²) in [6, 6.07) is 9.79. The molecule has 2 N–H and O–H groups in total. The van der Waals surface area contributed by atoms with E-state index in [4.69, 9.17) is 37.4 Å². The molecule has 0 aliphatic heterocycles. The van der Waals surface area contributed by atoms with E-state index in [1.165, 1.54) is 19.4 Å². The Labute approximate surface area is 177 Å². The van der Waals surface area contributed by atoms with Crippen molar-refractivity contribution in [2.75, 3.05) is 27.4 Å². The molecule has 2 rings (SSSR count). The molecule has 0 radical (unpaired) electrons. The number of hydrazone groups is 1. The number of rotatable bonds is 9. The van der Waals surface area contributed by atoms with E-state index in [1.807, 2.05) is 0 Å². The minimum atomic E-state index is -0.508. The summed E-state index contributed by atoms with van der Waals surface area (Å²) in [6.07, 6.45) is 1.42. The molecule has 0 saturated heterocycles. The van der Waals surface area contributed by atoms with Gasteiger partial charge in [-0.25, -0.2) is 5.43 Å². The van der Waals surface area contributed by atoms with Gasteiger partial charge in [-0.2, -0.15) is 5.10 Å². The summed E-state index contributed by atoms with van der Waals surface area (Å²) in [5.74, 6) is 0.480. The normalized spacial score (nSPS) is 10.5. The molecule has 0 spiro atoms. The molecular weight excluding hydrogens is 421 g/mol. The van der Waals surface area contributed by atoms with Gasteiger partial charge in [-0.1, -0.05) is 23.2 Å². The van der Waals surface area contributed by atoms with Crippen molar-refractivity contribution in [1.82, 2.24) is 10.7 Å². The molecule has 2 aromatic rings. The van der Waals surface area contributed by atoms with E-state index in [2.05, 4.69) is 15.8 Å². The van der Waals surface area contributed by atoms with E-state index in [9.17, 15) is 9.59 Å². The Morgan fingerprint density at radius 1 is 1.03 bits per heavy atom. The van der Waals surface area contributed by atoms with Gasteiger partial charge in [0.05, 0.1) is 32.0 Å². The van der Waals surface area contributed by atoms with Crippen LogP contribution in [0.3, 0.4) is 0 Å². The van der Waals surface area contributed by atoms with Gasteiger partial charge in [0, 0.05) is 16.7 Å². The zero-order valence-electron chi connectivity index (χ0n) is 15.7. The number of hydrogen-bond donors (Lipinski definition) is 2.